The van der Waals surface area contributed by atoms with Crippen LogP contribution in [0.5, 0.6) is 0 Å². The van der Waals surface area contributed by atoms with Crippen LogP contribution in [0.25, 0.3) is 0 Å². The number of benzene rings is 1. The van der Waals surface area contributed by atoms with Crippen molar-refractivity contribution in [1.82, 2.24) is 9.88 Å². The third kappa shape index (κ3) is 1.40. The maximum atomic E-state index is 12.6. The van der Waals surface area contributed by atoms with Crippen LogP contribution >= 0.6 is 0 Å². The molecule has 1 N–H and O–H groups in total. The molecule has 1 aliphatic carbocycles. The van der Waals surface area contributed by atoms with Crippen LogP contribution in [-0.2, 0) is 5.72 Å². The highest BCUT2D eigenvalue weighted by molar-refractivity contribution is 6.00. The first kappa shape index (κ1) is 11.6. The lowest BCUT2D eigenvalue weighted by Gasteiger charge is -2.34. The van der Waals surface area contributed by atoms with Crippen molar-refractivity contribution < 1.29 is 9.90 Å². The van der Waals surface area contributed by atoms with Gasteiger partial charge < -0.3 is 5.11 Å². The van der Waals surface area contributed by atoms with Crippen molar-refractivity contribution >= 4 is 5.91 Å². The molecule has 1 saturated carbocycles. The largest absolute Gasteiger partial charge is 0.362 e. The summed E-state index contributed by atoms with van der Waals surface area (Å²) >= 11 is 0. The van der Waals surface area contributed by atoms with Crippen molar-refractivity contribution in [2.24, 2.45) is 0 Å². The van der Waals surface area contributed by atoms with E-state index in [0.717, 1.165) is 12.8 Å². The van der Waals surface area contributed by atoms with E-state index in [1.807, 2.05) is 30.3 Å². The van der Waals surface area contributed by atoms with Gasteiger partial charge >= 0.3 is 0 Å². The number of fused-ring (bicyclic) bond motifs is 1. The second-order valence-corrected chi connectivity index (χ2v) is 5.34. The SMILES string of the molecule is O=C1c2cccnc2C(O)(c2ccccc2)N1C1CC1. The molecular formula is C16H14N2O2. The van der Waals surface area contributed by atoms with Crippen molar-refractivity contribution in [2.45, 2.75) is 24.6 Å². The van der Waals surface area contributed by atoms with Crippen LogP contribution in [0.3, 0.4) is 0 Å². The van der Waals surface area contributed by atoms with E-state index in [-0.39, 0.29) is 11.9 Å². The fraction of sp³-hybridized carbons (Fsp3) is 0.250. The molecule has 0 bridgehead atoms. The number of hydrogen-bond acceptors (Lipinski definition) is 3. The van der Waals surface area contributed by atoms with Gasteiger partial charge in [-0.3, -0.25) is 14.7 Å². The molecule has 2 aliphatic rings. The Balaban J connectivity index is 1.97. The summed E-state index contributed by atoms with van der Waals surface area (Å²) in [6.07, 6.45) is 3.50. The highest BCUT2D eigenvalue weighted by atomic mass is 16.3. The zero-order valence-electron chi connectivity index (χ0n) is 10.9. The van der Waals surface area contributed by atoms with Crippen molar-refractivity contribution in [2.75, 3.05) is 0 Å². The summed E-state index contributed by atoms with van der Waals surface area (Å²) < 4.78 is 0. The predicted molar refractivity (Wildman–Crippen MR) is 72.9 cm³/mol. The van der Waals surface area contributed by atoms with Crippen molar-refractivity contribution in [3.05, 3.63) is 65.5 Å². The van der Waals surface area contributed by atoms with Gasteiger partial charge in [-0.1, -0.05) is 30.3 Å². The lowest BCUT2D eigenvalue weighted by molar-refractivity contribution is -0.0568. The van der Waals surface area contributed by atoms with Crippen LogP contribution in [0, 0.1) is 0 Å². The minimum atomic E-state index is -1.43. The van der Waals surface area contributed by atoms with E-state index in [1.165, 1.54) is 0 Å². The van der Waals surface area contributed by atoms with E-state index in [0.29, 0.717) is 16.8 Å². The Bertz CT molecular complexity index is 682. The first-order valence-electron chi connectivity index (χ1n) is 6.80. The molecule has 4 nitrogen and oxygen atoms in total. The quantitative estimate of drug-likeness (QED) is 0.903. The predicted octanol–water partition coefficient (Wildman–Crippen LogP) is 1.89. The molecule has 1 unspecified atom stereocenters. The monoisotopic (exact) mass is 266 g/mol. The summed E-state index contributed by atoms with van der Waals surface area (Å²) in [7, 11) is 0. The molecule has 100 valence electrons. The number of aromatic nitrogens is 1. The van der Waals surface area contributed by atoms with Crippen LogP contribution in [0.2, 0.25) is 0 Å². The van der Waals surface area contributed by atoms with Crippen LogP contribution in [0.4, 0.5) is 0 Å². The number of amides is 1. The van der Waals surface area contributed by atoms with Gasteiger partial charge in [-0.25, -0.2) is 0 Å². The minimum Gasteiger partial charge on any atom is -0.362 e. The number of rotatable bonds is 2. The Morgan fingerprint density at radius 3 is 2.60 bits per heavy atom. The van der Waals surface area contributed by atoms with Crippen molar-refractivity contribution in [3.63, 3.8) is 0 Å². The van der Waals surface area contributed by atoms with E-state index in [9.17, 15) is 9.90 Å². The van der Waals surface area contributed by atoms with Crippen molar-refractivity contribution in [1.29, 1.82) is 0 Å². The summed E-state index contributed by atoms with van der Waals surface area (Å²) in [6, 6.07) is 12.9. The molecule has 0 radical (unpaired) electrons. The van der Waals surface area contributed by atoms with E-state index in [2.05, 4.69) is 4.98 Å². The average Bonchev–Trinajstić information content (AvgIpc) is 3.29. The summed E-state index contributed by atoms with van der Waals surface area (Å²) in [5.41, 5.74) is 0.211. The lowest BCUT2D eigenvalue weighted by atomic mass is 9.98. The molecule has 1 amide bonds. The second kappa shape index (κ2) is 3.90. The molecule has 1 aromatic carbocycles. The van der Waals surface area contributed by atoms with Gasteiger partial charge in [-0.15, -0.1) is 0 Å². The minimum absolute atomic E-state index is 0.113. The van der Waals surface area contributed by atoms with Gasteiger partial charge in [0.1, 0.15) is 5.69 Å². The summed E-state index contributed by atoms with van der Waals surface area (Å²) in [4.78, 5) is 18.5. The Labute approximate surface area is 116 Å². The number of carbonyl (C=O) groups excluding carboxylic acids is 1. The summed E-state index contributed by atoms with van der Waals surface area (Å²) in [5, 5.41) is 11.3. The van der Waals surface area contributed by atoms with Gasteiger partial charge in [-0.2, -0.15) is 0 Å². The lowest BCUT2D eigenvalue weighted by Crippen LogP contribution is -2.46. The van der Waals surface area contributed by atoms with Gasteiger partial charge in [0, 0.05) is 17.8 Å². The molecule has 0 saturated heterocycles. The Hall–Kier alpha value is -2.20. The van der Waals surface area contributed by atoms with Gasteiger partial charge in [-0.05, 0) is 25.0 Å². The van der Waals surface area contributed by atoms with Crippen molar-refractivity contribution in [3.8, 4) is 0 Å². The number of nitrogens with zero attached hydrogens (tertiary/aromatic N) is 2. The smallest absolute Gasteiger partial charge is 0.258 e. The zero-order valence-corrected chi connectivity index (χ0v) is 10.9. The Morgan fingerprint density at radius 2 is 1.90 bits per heavy atom. The van der Waals surface area contributed by atoms with E-state index in [4.69, 9.17) is 0 Å². The first-order valence-corrected chi connectivity index (χ1v) is 6.80. The molecule has 2 heterocycles. The van der Waals surface area contributed by atoms with Gasteiger partial charge in [0.05, 0.1) is 5.56 Å². The Kier molecular flexibility index (Phi) is 2.26. The molecule has 20 heavy (non-hydrogen) atoms. The number of pyridine rings is 1. The van der Waals surface area contributed by atoms with Crippen LogP contribution < -0.4 is 0 Å². The third-order valence-corrected chi connectivity index (χ3v) is 4.02. The summed E-state index contributed by atoms with van der Waals surface area (Å²) in [6.45, 7) is 0. The zero-order chi connectivity index (χ0) is 13.7. The van der Waals surface area contributed by atoms with Crippen LogP contribution in [0.1, 0.15) is 34.5 Å². The molecule has 1 aliphatic heterocycles. The maximum Gasteiger partial charge on any atom is 0.258 e. The molecular weight excluding hydrogens is 252 g/mol. The van der Waals surface area contributed by atoms with Gasteiger partial charge in [0.2, 0.25) is 5.72 Å². The first-order chi connectivity index (χ1) is 9.73. The molecule has 2 aromatic rings. The third-order valence-electron chi connectivity index (χ3n) is 4.02. The highest BCUT2D eigenvalue weighted by Crippen LogP contribution is 2.46. The van der Waals surface area contributed by atoms with E-state index in [1.54, 1.807) is 23.2 Å². The fourth-order valence-corrected chi connectivity index (χ4v) is 2.96. The molecule has 4 rings (SSSR count). The van der Waals surface area contributed by atoms with E-state index >= 15 is 0 Å². The standard InChI is InChI=1S/C16H14N2O2/c19-15-13-7-4-10-17-14(13)16(20,18(15)12-8-9-12)11-5-2-1-3-6-11/h1-7,10,12,20H,8-9H2. The summed E-state index contributed by atoms with van der Waals surface area (Å²) in [5.74, 6) is -0.123. The van der Waals surface area contributed by atoms with E-state index < -0.39 is 5.72 Å². The molecule has 1 atom stereocenters. The van der Waals surface area contributed by atoms with Gasteiger partial charge in [0.25, 0.3) is 5.91 Å². The normalized spacial score (nSPS) is 24.9. The number of carbonyl (C=O) groups is 1. The number of aliphatic hydroxyl groups is 1. The molecule has 0 spiro atoms. The average molecular weight is 266 g/mol. The topological polar surface area (TPSA) is 53.4 Å². The molecule has 4 heteroatoms. The Morgan fingerprint density at radius 1 is 1.15 bits per heavy atom. The van der Waals surface area contributed by atoms with Crippen LogP contribution in [0.15, 0.2) is 48.7 Å². The highest BCUT2D eigenvalue weighted by Gasteiger charge is 2.55. The van der Waals surface area contributed by atoms with Gasteiger partial charge in [0.15, 0.2) is 0 Å². The molecule has 1 fully saturated rings. The maximum absolute atomic E-state index is 12.6. The fourth-order valence-electron chi connectivity index (χ4n) is 2.96. The second-order valence-electron chi connectivity index (χ2n) is 5.34. The van der Waals surface area contributed by atoms with Crippen LogP contribution in [-0.4, -0.2) is 26.9 Å². The number of hydrogen-bond donors (Lipinski definition) is 1. The molecule has 1 aromatic heterocycles.